The number of aryl methyl sites for hydroxylation is 1. The average molecular weight is 239 g/mol. The molecule has 1 unspecified atom stereocenters. The lowest BCUT2D eigenvalue weighted by Crippen LogP contribution is -2.38. The summed E-state index contributed by atoms with van der Waals surface area (Å²) in [5, 5.41) is 2.89. The van der Waals surface area contributed by atoms with E-state index in [0.717, 1.165) is 24.8 Å². The number of benzene rings is 1. The van der Waals surface area contributed by atoms with E-state index in [0.29, 0.717) is 13.0 Å². The highest BCUT2D eigenvalue weighted by atomic mass is 19.3. The Hall–Kier alpha value is -0.960. The van der Waals surface area contributed by atoms with Crippen LogP contribution in [0.5, 0.6) is 0 Å². The molecule has 0 radical (unpaired) electrons. The third kappa shape index (κ3) is 2.65. The number of halogens is 2. The lowest BCUT2D eigenvalue weighted by atomic mass is 9.98. The van der Waals surface area contributed by atoms with E-state index in [9.17, 15) is 8.78 Å². The number of nitrogens with one attached hydrogen (secondary N) is 1. The Morgan fingerprint density at radius 2 is 2.00 bits per heavy atom. The lowest BCUT2D eigenvalue weighted by Gasteiger charge is -2.23. The van der Waals surface area contributed by atoms with E-state index in [-0.39, 0.29) is 5.56 Å². The monoisotopic (exact) mass is 239 g/mol. The summed E-state index contributed by atoms with van der Waals surface area (Å²) in [6.45, 7) is 2.79. The maximum absolute atomic E-state index is 14.1. The Labute approximate surface area is 101 Å². The van der Waals surface area contributed by atoms with Crippen LogP contribution in [0.3, 0.4) is 0 Å². The lowest BCUT2D eigenvalue weighted by molar-refractivity contribution is -0.0376. The first-order valence-electron chi connectivity index (χ1n) is 6.35. The summed E-state index contributed by atoms with van der Waals surface area (Å²) in [4.78, 5) is 0. The van der Waals surface area contributed by atoms with Crippen LogP contribution in [0.25, 0.3) is 0 Å². The maximum atomic E-state index is 14.1. The van der Waals surface area contributed by atoms with Crippen LogP contribution in [-0.4, -0.2) is 12.6 Å². The van der Waals surface area contributed by atoms with Crippen LogP contribution in [0.4, 0.5) is 8.78 Å². The van der Waals surface area contributed by atoms with E-state index < -0.39 is 12.0 Å². The summed E-state index contributed by atoms with van der Waals surface area (Å²) < 4.78 is 28.2. The smallest absolute Gasteiger partial charge is 0.288 e. The SMILES string of the molecule is CCCc1ccc(C(F)(F)C2CCCN2)cc1. The summed E-state index contributed by atoms with van der Waals surface area (Å²) >= 11 is 0. The predicted molar refractivity (Wildman–Crippen MR) is 65.4 cm³/mol. The van der Waals surface area contributed by atoms with Crippen LogP contribution in [0.2, 0.25) is 0 Å². The van der Waals surface area contributed by atoms with Crippen LogP contribution in [0.1, 0.15) is 37.3 Å². The molecule has 3 heteroatoms. The van der Waals surface area contributed by atoms with E-state index in [2.05, 4.69) is 12.2 Å². The van der Waals surface area contributed by atoms with Gasteiger partial charge in [-0.1, -0.05) is 37.6 Å². The van der Waals surface area contributed by atoms with Crippen molar-refractivity contribution in [1.29, 1.82) is 0 Å². The second-order valence-electron chi connectivity index (χ2n) is 4.72. The van der Waals surface area contributed by atoms with E-state index in [1.54, 1.807) is 12.1 Å². The van der Waals surface area contributed by atoms with Crippen molar-refractivity contribution in [1.82, 2.24) is 5.32 Å². The molecule has 1 nitrogen and oxygen atoms in total. The Balaban J connectivity index is 2.14. The summed E-state index contributed by atoms with van der Waals surface area (Å²) in [6, 6.07) is 6.10. The molecule has 1 atom stereocenters. The number of rotatable bonds is 4. The van der Waals surface area contributed by atoms with Crippen LogP contribution in [0, 0.1) is 0 Å². The number of hydrogen-bond acceptors (Lipinski definition) is 1. The van der Waals surface area contributed by atoms with Gasteiger partial charge in [-0.2, -0.15) is 8.78 Å². The predicted octanol–water partition coefficient (Wildman–Crippen LogP) is 3.48. The van der Waals surface area contributed by atoms with Gasteiger partial charge in [0.2, 0.25) is 0 Å². The molecule has 1 aliphatic rings. The second kappa shape index (κ2) is 5.13. The van der Waals surface area contributed by atoms with Crippen molar-refractivity contribution in [3.8, 4) is 0 Å². The fourth-order valence-electron chi connectivity index (χ4n) is 2.38. The van der Waals surface area contributed by atoms with E-state index in [4.69, 9.17) is 0 Å². The van der Waals surface area contributed by atoms with Crippen molar-refractivity contribution in [2.45, 2.75) is 44.6 Å². The molecule has 1 aromatic rings. The van der Waals surface area contributed by atoms with Crippen LogP contribution in [0.15, 0.2) is 24.3 Å². The average Bonchev–Trinajstić information content (AvgIpc) is 2.84. The van der Waals surface area contributed by atoms with Gasteiger partial charge in [0.1, 0.15) is 0 Å². The van der Waals surface area contributed by atoms with Gasteiger partial charge in [-0.3, -0.25) is 0 Å². The Bertz CT molecular complexity index is 353. The van der Waals surface area contributed by atoms with Crippen LogP contribution in [-0.2, 0) is 12.3 Å². The molecule has 1 heterocycles. The first-order chi connectivity index (χ1) is 8.14. The zero-order valence-electron chi connectivity index (χ0n) is 10.2. The molecule has 94 valence electrons. The molecule has 0 spiro atoms. The van der Waals surface area contributed by atoms with Crippen LogP contribution >= 0.6 is 0 Å². The molecule has 0 saturated carbocycles. The highest BCUT2D eigenvalue weighted by Gasteiger charge is 2.42. The molecule has 0 aliphatic carbocycles. The quantitative estimate of drug-likeness (QED) is 0.848. The van der Waals surface area contributed by atoms with Crippen molar-refractivity contribution < 1.29 is 8.78 Å². The van der Waals surface area contributed by atoms with Crippen molar-refractivity contribution >= 4 is 0 Å². The van der Waals surface area contributed by atoms with E-state index >= 15 is 0 Å². The molecule has 1 saturated heterocycles. The summed E-state index contributed by atoms with van der Waals surface area (Å²) in [5.74, 6) is -2.75. The normalized spacial score (nSPS) is 20.8. The minimum Gasteiger partial charge on any atom is -0.308 e. The Morgan fingerprint density at radius 1 is 1.29 bits per heavy atom. The fraction of sp³-hybridized carbons (Fsp3) is 0.571. The van der Waals surface area contributed by atoms with Crippen molar-refractivity contribution in [3.63, 3.8) is 0 Å². The van der Waals surface area contributed by atoms with Gasteiger partial charge in [0.05, 0.1) is 6.04 Å². The molecular weight excluding hydrogens is 220 g/mol. The number of hydrogen-bond donors (Lipinski definition) is 1. The van der Waals surface area contributed by atoms with Gasteiger partial charge in [-0.05, 0) is 31.4 Å². The first-order valence-corrected chi connectivity index (χ1v) is 6.35. The molecule has 0 aromatic heterocycles. The topological polar surface area (TPSA) is 12.0 Å². The molecule has 0 bridgehead atoms. The molecular formula is C14H19F2N. The van der Waals surface area contributed by atoms with Gasteiger partial charge in [0, 0.05) is 5.56 Å². The van der Waals surface area contributed by atoms with Crippen molar-refractivity contribution in [3.05, 3.63) is 35.4 Å². The van der Waals surface area contributed by atoms with Gasteiger partial charge < -0.3 is 5.32 Å². The van der Waals surface area contributed by atoms with Crippen LogP contribution < -0.4 is 5.32 Å². The standard InChI is InChI=1S/C14H19F2N/c1-2-4-11-6-8-12(9-7-11)14(15,16)13-5-3-10-17-13/h6-9,13,17H,2-5,10H2,1H3. The summed E-state index contributed by atoms with van der Waals surface area (Å²) in [6.07, 6.45) is 3.39. The molecule has 1 N–H and O–H groups in total. The highest BCUT2D eigenvalue weighted by molar-refractivity contribution is 5.27. The molecule has 2 rings (SSSR count). The zero-order chi connectivity index (χ0) is 12.3. The molecule has 0 amide bonds. The van der Waals surface area contributed by atoms with Crippen molar-refractivity contribution in [2.24, 2.45) is 0 Å². The van der Waals surface area contributed by atoms with E-state index in [1.807, 2.05) is 12.1 Å². The third-order valence-corrected chi connectivity index (χ3v) is 3.38. The fourth-order valence-corrected chi connectivity index (χ4v) is 2.38. The van der Waals surface area contributed by atoms with E-state index in [1.165, 1.54) is 0 Å². The summed E-state index contributed by atoms with van der Waals surface area (Å²) in [5.41, 5.74) is 1.27. The molecule has 1 fully saturated rings. The highest BCUT2D eigenvalue weighted by Crippen LogP contribution is 2.35. The maximum Gasteiger partial charge on any atom is 0.288 e. The third-order valence-electron chi connectivity index (χ3n) is 3.38. The van der Waals surface area contributed by atoms with Crippen molar-refractivity contribution in [2.75, 3.05) is 6.54 Å². The minimum atomic E-state index is -2.75. The molecule has 1 aromatic carbocycles. The molecule has 17 heavy (non-hydrogen) atoms. The Morgan fingerprint density at radius 3 is 2.53 bits per heavy atom. The second-order valence-corrected chi connectivity index (χ2v) is 4.72. The van der Waals surface area contributed by atoms with Gasteiger partial charge in [0.15, 0.2) is 0 Å². The van der Waals surface area contributed by atoms with Gasteiger partial charge >= 0.3 is 0 Å². The van der Waals surface area contributed by atoms with Gasteiger partial charge in [0.25, 0.3) is 5.92 Å². The summed E-state index contributed by atoms with van der Waals surface area (Å²) in [7, 11) is 0. The Kier molecular flexibility index (Phi) is 3.77. The number of alkyl halides is 2. The van der Waals surface area contributed by atoms with Gasteiger partial charge in [-0.25, -0.2) is 0 Å². The largest absolute Gasteiger partial charge is 0.308 e. The zero-order valence-corrected chi connectivity index (χ0v) is 10.2. The minimum absolute atomic E-state index is 0.136. The van der Waals surface area contributed by atoms with Gasteiger partial charge in [-0.15, -0.1) is 0 Å². The first kappa shape index (κ1) is 12.5. The molecule has 1 aliphatic heterocycles.